The maximum absolute atomic E-state index is 13.9. The first-order valence-corrected chi connectivity index (χ1v) is 12.0. The van der Waals surface area contributed by atoms with Crippen molar-refractivity contribution >= 4 is 0 Å². The van der Waals surface area contributed by atoms with Crippen LogP contribution in [0.15, 0.2) is 42.5 Å². The lowest BCUT2D eigenvalue weighted by Gasteiger charge is -2.33. The Labute approximate surface area is 180 Å². The molecule has 30 heavy (non-hydrogen) atoms. The summed E-state index contributed by atoms with van der Waals surface area (Å²) < 4.78 is 13.9. The zero-order valence-electron chi connectivity index (χ0n) is 18.1. The third-order valence-corrected chi connectivity index (χ3v) is 7.78. The van der Waals surface area contributed by atoms with E-state index in [-0.39, 0.29) is 5.82 Å². The molecule has 2 nitrogen and oxygen atoms in total. The minimum absolute atomic E-state index is 0.0628. The highest BCUT2D eigenvalue weighted by Gasteiger charge is 2.28. The van der Waals surface area contributed by atoms with E-state index >= 15 is 0 Å². The average Bonchev–Trinajstić information content (AvgIpc) is 3.19. The number of piperidine rings is 2. The molecule has 0 saturated carbocycles. The van der Waals surface area contributed by atoms with Crippen LogP contribution in [-0.2, 0) is 19.4 Å². The van der Waals surface area contributed by atoms with Gasteiger partial charge < -0.3 is 5.32 Å². The number of hydrogen-bond donors (Lipinski definition) is 1. The maximum Gasteiger partial charge on any atom is 0.127 e. The smallest absolute Gasteiger partial charge is 0.127 e. The molecule has 0 bridgehead atoms. The monoisotopic (exact) mass is 406 g/mol. The van der Waals surface area contributed by atoms with Gasteiger partial charge in [0.25, 0.3) is 0 Å². The van der Waals surface area contributed by atoms with Crippen molar-refractivity contribution in [3.05, 3.63) is 70.5 Å². The van der Waals surface area contributed by atoms with Gasteiger partial charge >= 0.3 is 0 Å². The fourth-order valence-corrected chi connectivity index (χ4v) is 6.02. The summed E-state index contributed by atoms with van der Waals surface area (Å²) in [4.78, 5) is 2.43. The van der Waals surface area contributed by atoms with Crippen molar-refractivity contribution in [3.63, 3.8) is 0 Å². The standard InChI is InChI=1S/C27H35FN2/c28-27-4-2-1-3-25(27)19-30-13-9-20(10-14-30)15-21-16-23-5-6-24(18-26(23)17-21)22-7-11-29-12-8-22/h1-6,18,20-22,29H,7-17,19H2. The lowest BCUT2D eigenvalue weighted by molar-refractivity contribution is 0.160. The lowest BCUT2D eigenvalue weighted by atomic mass is 9.85. The first-order valence-electron chi connectivity index (χ1n) is 12.0. The van der Waals surface area contributed by atoms with Crippen LogP contribution in [0.25, 0.3) is 0 Å². The Balaban J connectivity index is 1.12. The molecule has 1 N–H and O–H groups in total. The van der Waals surface area contributed by atoms with Crippen molar-refractivity contribution in [1.29, 1.82) is 0 Å². The van der Waals surface area contributed by atoms with Crippen LogP contribution < -0.4 is 5.32 Å². The second-order valence-corrected chi connectivity index (χ2v) is 9.87. The van der Waals surface area contributed by atoms with Gasteiger partial charge in [-0.15, -0.1) is 0 Å². The summed E-state index contributed by atoms with van der Waals surface area (Å²) >= 11 is 0. The number of nitrogens with zero attached hydrogens (tertiary/aromatic N) is 1. The number of likely N-dealkylation sites (tertiary alicyclic amines) is 1. The zero-order chi connectivity index (χ0) is 20.3. The van der Waals surface area contributed by atoms with Crippen molar-refractivity contribution in [1.82, 2.24) is 10.2 Å². The molecular weight excluding hydrogens is 371 g/mol. The second kappa shape index (κ2) is 9.20. The van der Waals surface area contributed by atoms with Crippen LogP contribution in [0.3, 0.4) is 0 Å². The second-order valence-electron chi connectivity index (χ2n) is 9.87. The predicted molar refractivity (Wildman–Crippen MR) is 121 cm³/mol. The van der Waals surface area contributed by atoms with Crippen molar-refractivity contribution in [3.8, 4) is 0 Å². The van der Waals surface area contributed by atoms with Crippen LogP contribution >= 0.6 is 0 Å². The molecule has 0 radical (unpaired) electrons. The summed E-state index contributed by atoms with van der Waals surface area (Å²) in [5, 5.41) is 3.49. The summed E-state index contributed by atoms with van der Waals surface area (Å²) in [6, 6.07) is 14.6. The van der Waals surface area contributed by atoms with Gasteiger partial charge in [0.1, 0.15) is 5.82 Å². The van der Waals surface area contributed by atoms with E-state index in [1.807, 2.05) is 12.1 Å². The van der Waals surface area contributed by atoms with E-state index < -0.39 is 0 Å². The van der Waals surface area contributed by atoms with Gasteiger partial charge in [-0.3, -0.25) is 4.90 Å². The third-order valence-electron chi connectivity index (χ3n) is 7.78. The zero-order valence-corrected chi connectivity index (χ0v) is 18.1. The van der Waals surface area contributed by atoms with Crippen LogP contribution in [0, 0.1) is 17.7 Å². The molecular formula is C27H35FN2. The molecule has 160 valence electrons. The highest BCUT2D eigenvalue weighted by Crippen LogP contribution is 2.36. The molecule has 0 spiro atoms. The third kappa shape index (κ3) is 4.63. The van der Waals surface area contributed by atoms with E-state index in [1.54, 1.807) is 28.8 Å². The summed E-state index contributed by atoms with van der Waals surface area (Å²) in [5.41, 5.74) is 5.66. The summed E-state index contributed by atoms with van der Waals surface area (Å²) in [6.07, 6.45) is 9.02. The normalized spacial score (nSPS) is 23.6. The van der Waals surface area contributed by atoms with Gasteiger partial charge in [0.2, 0.25) is 0 Å². The Bertz CT molecular complexity index is 850. The average molecular weight is 407 g/mol. The quantitative estimate of drug-likeness (QED) is 0.724. The Morgan fingerprint density at radius 2 is 1.63 bits per heavy atom. The highest BCUT2D eigenvalue weighted by molar-refractivity contribution is 5.37. The van der Waals surface area contributed by atoms with Crippen LogP contribution in [0.4, 0.5) is 4.39 Å². The lowest BCUT2D eigenvalue weighted by Crippen LogP contribution is -2.34. The van der Waals surface area contributed by atoms with E-state index in [9.17, 15) is 4.39 Å². The molecule has 5 rings (SSSR count). The van der Waals surface area contributed by atoms with Crippen molar-refractivity contribution in [2.24, 2.45) is 11.8 Å². The van der Waals surface area contributed by atoms with Gasteiger partial charge in [-0.1, -0.05) is 36.4 Å². The summed E-state index contributed by atoms with van der Waals surface area (Å²) in [5.74, 6) is 2.36. The molecule has 2 fully saturated rings. The van der Waals surface area contributed by atoms with E-state index in [0.717, 1.165) is 43.0 Å². The first-order chi connectivity index (χ1) is 14.7. The Hall–Kier alpha value is -1.71. The van der Waals surface area contributed by atoms with Gasteiger partial charge in [0, 0.05) is 12.1 Å². The minimum atomic E-state index is -0.0628. The van der Waals surface area contributed by atoms with E-state index in [1.165, 1.54) is 58.0 Å². The molecule has 2 heterocycles. The van der Waals surface area contributed by atoms with Crippen LogP contribution in [0.5, 0.6) is 0 Å². The van der Waals surface area contributed by atoms with Gasteiger partial charge in [-0.05, 0) is 112 Å². The van der Waals surface area contributed by atoms with Gasteiger partial charge in [-0.2, -0.15) is 0 Å². The number of fused-ring (bicyclic) bond motifs is 1. The Kier molecular flexibility index (Phi) is 6.19. The van der Waals surface area contributed by atoms with Crippen molar-refractivity contribution in [2.75, 3.05) is 26.2 Å². The van der Waals surface area contributed by atoms with E-state index in [4.69, 9.17) is 0 Å². The number of hydrogen-bond acceptors (Lipinski definition) is 2. The van der Waals surface area contributed by atoms with E-state index in [2.05, 4.69) is 28.4 Å². The number of benzene rings is 2. The highest BCUT2D eigenvalue weighted by atomic mass is 19.1. The molecule has 2 aromatic rings. The van der Waals surface area contributed by atoms with Gasteiger partial charge in [0.15, 0.2) is 0 Å². The molecule has 0 aromatic heterocycles. The van der Waals surface area contributed by atoms with Crippen LogP contribution in [0.1, 0.15) is 60.3 Å². The topological polar surface area (TPSA) is 15.3 Å². The largest absolute Gasteiger partial charge is 0.317 e. The Morgan fingerprint density at radius 3 is 2.43 bits per heavy atom. The molecule has 0 amide bonds. The molecule has 3 heteroatoms. The van der Waals surface area contributed by atoms with Crippen LogP contribution in [0.2, 0.25) is 0 Å². The fourth-order valence-electron chi connectivity index (χ4n) is 6.02. The summed E-state index contributed by atoms with van der Waals surface area (Å²) in [7, 11) is 0. The molecule has 2 saturated heterocycles. The van der Waals surface area contributed by atoms with Crippen molar-refractivity contribution in [2.45, 2.75) is 57.4 Å². The molecule has 1 atom stereocenters. The van der Waals surface area contributed by atoms with Crippen molar-refractivity contribution < 1.29 is 4.39 Å². The fraction of sp³-hybridized carbons (Fsp3) is 0.556. The van der Waals surface area contributed by atoms with E-state index in [0.29, 0.717) is 0 Å². The minimum Gasteiger partial charge on any atom is -0.317 e. The molecule has 1 unspecified atom stereocenters. The molecule has 1 aliphatic carbocycles. The number of halogens is 1. The Morgan fingerprint density at radius 1 is 0.867 bits per heavy atom. The predicted octanol–water partition coefficient (Wildman–Crippen LogP) is 5.31. The number of nitrogens with one attached hydrogen (secondary N) is 1. The van der Waals surface area contributed by atoms with Crippen LogP contribution in [-0.4, -0.2) is 31.1 Å². The molecule has 2 aromatic carbocycles. The first kappa shape index (κ1) is 20.2. The number of rotatable bonds is 5. The SMILES string of the molecule is Fc1ccccc1CN1CCC(CC2Cc3ccc(C4CCNCC4)cc3C2)CC1. The van der Waals surface area contributed by atoms with Gasteiger partial charge in [0.05, 0.1) is 0 Å². The molecule has 3 aliphatic rings. The molecule has 2 aliphatic heterocycles. The maximum atomic E-state index is 13.9. The summed E-state index contributed by atoms with van der Waals surface area (Å²) in [6.45, 7) is 5.31. The van der Waals surface area contributed by atoms with Gasteiger partial charge in [-0.25, -0.2) is 4.39 Å².